The number of piperidine rings is 1. The van der Waals surface area contributed by atoms with Crippen LogP contribution in [0.5, 0.6) is 11.5 Å². The molecule has 0 bridgehead atoms. The number of rotatable bonds is 12. The zero-order chi connectivity index (χ0) is 43.1. The van der Waals surface area contributed by atoms with E-state index < -0.39 is 0 Å². The van der Waals surface area contributed by atoms with Crippen LogP contribution in [-0.2, 0) is 22.7 Å². The van der Waals surface area contributed by atoms with Crippen LogP contribution in [0.15, 0.2) is 115 Å². The second kappa shape index (κ2) is 23.0. The Kier molecular flexibility index (Phi) is 17.3. The van der Waals surface area contributed by atoms with Crippen LogP contribution < -0.4 is 42.3 Å². The Balaban J connectivity index is 0.000000240. The first kappa shape index (κ1) is 46.6. The van der Waals surface area contributed by atoms with E-state index >= 15 is 0 Å². The summed E-state index contributed by atoms with van der Waals surface area (Å²) in [6.07, 6.45) is 2.48. The van der Waals surface area contributed by atoms with Crippen LogP contribution in [0.25, 0.3) is 4.85 Å². The van der Waals surface area contributed by atoms with Gasteiger partial charge in [0.05, 0.1) is 39.5 Å². The van der Waals surface area contributed by atoms with Crippen molar-refractivity contribution in [3.05, 3.63) is 149 Å². The number of methoxy groups -OCH3 is 2. The van der Waals surface area contributed by atoms with Gasteiger partial charge in [-0.25, -0.2) is 4.85 Å². The minimum absolute atomic E-state index is 0. The van der Waals surface area contributed by atoms with E-state index in [0.717, 1.165) is 74.7 Å². The van der Waals surface area contributed by atoms with Crippen LogP contribution in [0.4, 0.5) is 28.4 Å². The van der Waals surface area contributed by atoms with Crippen molar-refractivity contribution in [3.8, 4) is 11.5 Å². The van der Waals surface area contributed by atoms with Crippen LogP contribution in [0.2, 0.25) is 0 Å². The highest BCUT2D eigenvalue weighted by molar-refractivity contribution is 6.05. The molecule has 2 heterocycles. The first-order valence-electron chi connectivity index (χ1n) is 20.3. The SMILES string of the molecule is CC(=O)N1CCN(c2ccc(NC(=O)c3cccc(CO)c3)cc2)CC1.[C-]#[N+]c1ccc(COc2ccc(C(=O)Nc3ccc([NH+]4CCC(OC)CC4)cc3)cc2OC)cc1.[Cl-]. The Labute approximate surface area is 369 Å². The average molecular weight is 861 g/mol. The molecule has 0 spiro atoms. The van der Waals surface area contributed by atoms with Crippen LogP contribution in [-0.4, -0.2) is 87.3 Å². The Morgan fingerprint density at radius 1 is 0.758 bits per heavy atom. The van der Waals surface area contributed by atoms with Crippen LogP contribution in [0.1, 0.15) is 51.6 Å². The van der Waals surface area contributed by atoms with Gasteiger partial charge < -0.3 is 57.1 Å². The number of hydrogen-bond donors (Lipinski definition) is 4. The molecular weight excluding hydrogens is 808 g/mol. The number of amides is 3. The van der Waals surface area contributed by atoms with Crippen molar-refractivity contribution in [1.29, 1.82) is 0 Å². The summed E-state index contributed by atoms with van der Waals surface area (Å²) >= 11 is 0. The summed E-state index contributed by atoms with van der Waals surface area (Å²) in [6, 6.07) is 35.0. The molecule has 5 aromatic rings. The molecule has 13 nitrogen and oxygen atoms in total. The number of ether oxygens (including phenoxy) is 3. The maximum atomic E-state index is 12.8. The lowest BCUT2D eigenvalue weighted by Gasteiger charge is -2.35. The summed E-state index contributed by atoms with van der Waals surface area (Å²) in [4.78, 5) is 45.5. The monoisotopic (exact) mass is 860 g/mol. The zero-order valence-electron chi connectivity index (χ0n) is 35.2. The summed E-state index contributed by atoms with van der Waals surface area (Å²) in [5, 5.41) is 15.0. The quantitative estimate of drug-likeness (QED) is 0.140. The predicted molar refractivity (Wildman–Crippen MR) is 236 cm³/mol. The third-order valence-corrected chi connectivity index (χ3v) is 10.9. The number of anilines is 3. The summed E-state index contributed by atoms with van der Waals surface area (Å²) in [5.74, 6) is 0.721. The fourth-order valence-corrected chi connectivity index (χ4v) is 7.26. The average Bonchev–Trinajstić information content (AvgIpc) is 3.31. The molecule has 0 aliphatic carbocycles. The number of carbonyl (C=O) groups is 3. The third kappa shape index (κ3) is 12.8. The normalized spacial score (nSPS) is 15.7. The van der Waals surface area contributed by atoms with E-state index in [-0.39, 0.29) is 36.7 Å². The molecule has 0 aromatic heterocycles. The molecule has 2 aliphatic rings. The topological polar surface area (TPSA) is 138 Å². The Hall–Kier alpha value is -6.43. The number of nitrogens with zero attached hydrogens (tertiary/aromatic N) is 3. The number of piperazine rings is 1. The van der Waals surface area contributed by atoms with E-state index in [1.165, 1.54) is 10.6 Å². The number of benzene rings is 5. The third-order valence-electron chi connectivity index (χ3n) is 10.9. The minimum Gasteiger partial charge on any atom is -1.00 e. The maximum Gasteiger partial charge on any atom is 0.255 e. The molecule has 14 heteroatoms. The number of aliphatic hydroxyl groups excluding tert-OH is 1. The van der Waals surface area contributed by atoms with Gasteiger partial charge in [0.1, 0.15) is 12.3 Å². The molecule has 0 saturated carbocycles. The van der Waals surface area contributed by atoms with Gasteiger partial charge >= 0.3 is 0 Å². The van der Waals surface area contributed by atoms with Crippen molar-refractivity contribution >= 4 is 46.2 Å². The van der Waals surface area contributed by atoms with Gasteiger partial charge in [-0.15, -0.1) is 0 Å². The number of carbonyl (C=O) groups excluding carboxylic acids is 3. The highest BCUT2D eigenvalue weighted by Gasteiger charge is 2.23. The van der Waals surface area contributed by atoms with E-state index in [1.807, 2.05) is 53.4 Å². The van der Waals surface area contributed by atoms with Crippen molar-refractivity contribution < 1.29 is 51.0 Å². The van der Waals surface area contributed by atoms with E-state index in [0.29, 0.717) is 46.6 Å². The molecule has 4 N–H and O–H groups in total. The molecular formula is C48H53ClN6O7. The van der Waals surface area contributed by atoms with Crippen LogP contribution in [0, 0.1) is 6.57 Å². The molecule has 3 amide bonds. The van der Waals surface area contributed by atoms with Gasteiger partial charge in [0.2, 0.25) is 5.91 Å². The van der Waals surface area contributed by atoms with E-state index in [2.05, 4.69) is 32.5 Å². The van der Waals surface area contributed by atoms with E-state index in [1.54, 1.807) is 75.7 Å². The lowest BCUT2D eigenvalue weighted by Crippen LogP contribution is -3.08. The second-order valence-corrected chi connectivity index (χ2v) is 14.9. The number of hydrogen-bond acceptors (Lipinski definition) is 8. The standard InChI is InChI=1S/C28H29N3O4.C20H23N3O3.ClH/c1-29-22-7-4-20(5-8-22)19-35-26-13-6-21(18-27(26)34-3)28(32)30-23-9-11-24(12-10-23)31-16-14-25(33-2)15-17-31;1-15(25)22-9-11-23(12-10-22)19-7-5-18(6-8-19)21-20(26)17-4-2-3-16(13-17)14-24;/h4-13,18,25H,14-17,19H2,2-3H3,(H,30,32);2-8,13,24H,9-12,14H2,1H3,(H,21,26);1H. The highest BCUT2D eigenvalue weighted by atomic mass is 35.5. The van der Waals surface area contributed by atoms with E-state index in [4.69, 9.17) is 20.8 Å². The highest BCUT2D eigenvalue weighted by Crippen LogP contribution is 2.30. The second-order valence-electron chi connectivity index (χ2n) is 14.9. The molecule has 2 aliphatic heterocycles. The molecule has 0 unspecified atom stereocenters. The molecule has 324 valence electrons. The first-order valence-corrected chi connectivity index (χ1v) is 20.3. The van der Waals surface area contributed by atoms with Gasteiger partial charge in [-0.05, 0) is 77.9 Å². The van der Waals surface area contributed by atoms with Crippen molar-refractivity contribution in [2.45, 2.75) is 39.1 Å². The largest absolute Gasteiger partial charge is 1.00 e. The van der Waals surface area contributed by atoms with Gasteiger partial charge in [-0.2, -0.15) is 0 Å². The lowest BCUT2D eigenvalue weighted by atomic mass is 10.1. The van der Waals surface area contributed by atoms with Crippen molar-refractivity contribution in [2.24, 2.45) is 0 Å². The maximum absolute atomic E-state index is 12.8. The molecule has 2 fully saturated rings. The summed E-state index contributed by atoms with van der Waals surface area (Å²) in [6.45, 7) is 14.0. The predicted octanol–water partition coefficient (Wildman–Crippen LogP) is 3.51. The number of nitrogens with one attached hydrogen (secondary N) is 3. The van der Waals surface area contributed by atoms with Crippen molar-refractivity contribution in [2.75, 3.05) is 69.0 Å². The number of aliphatic hydroxyl groups is 1. The molecule has 0 atom stereocenters. The summed E-state index contributed by atoms with van der Waals surface area (Å²) < 4.78 is 16.8. The van der Waals surface area contributed by atoms with Crippen LogP contribution >= 0.6 is 0 Å². The summed E-state index contributed by atoms with van der Waals surface area (Å²) in [7, 11) is 3.33. The Morgan fingerprint density at radius 3 is 1.94 bits per heavy atom. The van der Waals surface area contributed by atoms with Crippen molar-refractivity contribution in [1.82, 2.24) is 4.90 Å². The molecule has 2 saturated heterocycles. The fraction of sp³-hybridized carbons (Fsp3) is 0.292. The van der Waals surface area contributed by atoms with Gasteiger partial charge in [-0.3, -0.25) is 14.4 Å². The Bertz CT molecular complexity index is 2290. The summed E-state index contributed by atoms with van der Waals surface area (Å²) in [5.41, 5.74) is 6.99. The van der Waals surface area contributed by atoms with Gasteiger partial charge in [0.15, 0.2) is 17.2 Å². The minimum atomic E-state index is -0.217. The lowest BCUT2D eigenvalue weighted by molar-refractivity contribution is -0.839. The smallest absolute Gasteiger partial charge is 0.255 e. The Morgan fingerprint density at radius 2 is 1.37 bits per heavy atom. The number of halogens is 1. The van der Waals surface area contributed by atoms with Crippen LogP contribution in [0.3, 0.4) is 0 Å². The van der Waals surface area contributed by atoms with Gasteiger partial charge in [0.25, 0.3) is 11.8 Å². The van der Waals surface area contributed by atoms with Gasteiger partial charge in [-0.1, -0.05) is 36.4 Å². The number of quaternary nitrogens is 1. The molecule has 5 aromatic carbocycles. The first-order chi connectivity index (χ1) is 29.7. The molecule has 0 radical (unpaired) electrons. The van der Waals surface area contributed by atoms with E-state index in [9.17, 15) is 19.5 Å². The van der Waals surface area contributed by atoms with Crippen molar-refractivity contribution in [3.63, 3.8) is 0 Å². The molecule has 62 heavy (non-hydrogen) atoms. The molecule has 7 rings (SSSR count). The zero-order valence-corrected chi connectivity index (χ0v) is 36.0. The fourth-order valence-electron chi connectivity index (χ4n) is 7.26. The van der Waals surface area contributed by atoms with Gasteiger partial charge in [0, 0.05) is 93.4 Å².